The van der Waals surface area contributed by atoms with Gasteiger partial charge in [-0.1, -0.05) is 6.92 Å². The number of carbonyl (C=O) groups is 2. The van der Waals surface area contributed by atoms with Crippen LogP contribution in [-0.2, 0) is 9.59 Å². The Hall–Kier alpha value is -1.06. The van der Waals surface area contributed by atoms with Gasteiger partial charge in [0.15, 0.2) is 0 Å². The van der Waals surface area contributed by atoms with Crippen molar-refractivity contribution in [1.29, 1.82) is 0 Å². The van der Waals surface area contributed by atoms with Gasteiger partial charge in [0.05, 0.1) is 0 Å². The Morgan fingerprint density at radius 1 is 1.45 bits per heavy atom. The smallest absolute Gasteiger partial charge is 0.220 e. The van der Waals surface area contributed by atoms with E-state index in [1.807, 2.05) is 6.92 Å². The summed E-state index contributed by atoms with van der Waals surface area (Å²) in [6, 6.07) is 0. The van der Waals surface area contributed by atoms with E-state index in [2.05, 4.69) is 5.32 Å². The molecule has 0 heterocycles. The minimum Gasteiger partial charge on any atom is -0.370 e. The number of carbonyl (C=O) groups excluding carboxylic acids is 2. The summed E-state index contributed by atoms with van der Waals surface area (Å²) in [6.07, 6.45) is 0.632. The highest BCUT2D eigenvalue weighted by Crippen LogP contribution is 2.05. The van der Waals surface area contributed by atoms with E-state index < -0.39 is 0 Å². The van der Waals surface area contributed by atoms with Crippen LogP contribution < -0.4 is 11.1 Å². The highest BCUT2D eigenvalue weighted by Gasteiger charge is 2.09. The number of primary amides is 1. The summed E-state index contributed by atoms with van der Waals surface area (Å²) >= 11 is 0. The van der Waals surface area contributed by atoms with Gasteiger partial charge in [-0.15, -0.1) is 0 Å². The zero-order chi connectivity index (χ0) is 8.85. The van der Waals surface area contributed by atoms with Crippen molar-refractivity contribution >= 4 is 11.8 Å². The third-order valence-electron chi connectivity index (χ3n) is 1.36. The summed E-state index contributed by atoms with van der Waals surface area (Å²) in [5.41, 5.74) is 4.94. The SMILES string of the molecule is CNC(=O)C[C@@H](C)CC(N)=O. The third-order valence-corrected chi connectivity index (χ3v) is 1.36. The fourth-order valence-electron chi connectivity index (χ4n) is 0.834. The van der Waals surface area contributed by atoms with Crippen molar-refractivity contribution in [2.75, 3.05) is 7.05 Å². The Kier molecular flexibility index (Phi) is 4.26. The minimum atomic E-state index is -0.360. The van der Waals surface area contributed by atoms with Gasteiger partial charge in [0.2, 0.25) is 11.8 Å². The lowest BCUT2D eigenvalue weighted by Gasteiger charge is -2.06. The standard InChI is InChI=1S/C7H14N2O2/c1-5(3-6(8)10)4-7(11)9-2/h5H,3-4H2,1-2H3,(H2,8,10)(H,9,11)/t5-/m0/s1. The molecule has 64 valence electrons. The van der Waals surface area contributed by atoms with Gasteiger partial charge in [-0.25, -0.2) is 0 Å². The monoisotopic (exact) mass is 158 g/mol. The molecule has 0 saturated carbocycles. The van der Waals surface area contributed by atoms with Crippen molar-refractivity contribution in [2.45, 2.75) is 19.8 Å². The van der Waals surface area contributed by atoms with Crippen molar-refractivity contribution in [3.63, 3.8) is 0 Å². The lowest BCUT2D eigenvalue weighted by molar-refractivity contribution is -0.122. The van der Waals surface area contributed by atoms with Gasteiger partial charge >= 0.3 is 0 Å². The Bertz CT molecular complexity index is 157. The van der Waals surface area contributed by atoms with E-state index in [1.54, 1.807) is 7.05 Å². The van der Waals surface area contributed by atoms with Crippen LogP contribution in [0.2, 0.25) is 0 Å². The number of nitrogens with one attached hydrogen (secondary N) is 1. The Balaban J connectivity index is 3.60. The van der Waals surface area contributed by atoms with E-state index in [1.165, 1.54) is 0 Å². The van der Waals surface area contributed by atoms with Crippen molar-refractivity contribution in [3.05, 3.63) is 0 Å². The topological polar surface area (TPSA) is 72.2 Å². The number of hydrogen-bond acceptors (Lipinski definition) is 2. The molecule has 0 aliphatic rings. The summed E-state index contributed by atoms with van der Waals surface area (Å²) < 4.78 is 0. The van der Waals surface area contributed by atoms with Gasteiger partial charge in [-0.3, -0.25) is 9.59 Å². The van der Waals surface area contributed by atoms with Crippen LogP contribution >= 0.6 is 0 Å². The van der Waals surface area contributed by atoms with E-state index in [9.17, 15) is 9.59 Å². The zero-order valence-corrected chi connectivity index (χ0v) is 6.89. The van der Waals surface area contributed by atoms with Gasteiger partial charge in [0, 0.05) is 19.9 Å². The van der Waals surface area contributed by atoms with Crippen LogP contribution in [0.1, 0.15) is 19.8 Å². The van der Waals surface area contributed by atoms with E-state index in [0.29, 0.717) is 6.42 Å². The molecule has 0 saturated heterocycles. The molecular formula is C7H14N2O2. The first-order chi connectivity index (χ1) is 5.06. The second kappa shape index (κ2) is 4.71. The van der Waals surface area contributed by atoms with Crippen LogP contribution in [0, 0.1) is 5.92 Å². The molecule has 0 aliphatic carbocycles. The van der Waals surface area contributed by atoms with Crippen molar-refractivity contribution < 1.29 is 9.59 Å². The molecule has 3 N–H and O–H groups in total. The van der Waals surface area contributed by atoms with Crippen LogP contribution in [0.5, 0.6) is 0 Å². The van der Waals surface area contributed by atoms with Crippen LogP contribution in [0.25, 0.3) is 0 Å². The maximum Gasteiger partial charge on any atom is 0.220 e. The molecule has 0 bridgehead atoms. The van der Waals surface area contributed by atoms with Gasteiger partial charge in [-0.2, -0.15) is 0 Å². The molecule has 0 spiro atoms. The fraction of sp³-hybridized carbons (Fsp3) is 0.714. The summed E-state index contributed by atoms with van der Waals surface area (Å²) in [4.78, 5) is 21.1. The largest absolute Gasteiger partial charge is 0.370 e. The molecule has 4 nitrogen and oxygen atoms in total. The average Bonchev–Trinajstić information content (AvgIpc) is 1.85. The molecule has 0 fully saturated rings. The minimum absolute atomic E-state index is 0.0347. The zero-order valence-electron chi connectivity index (χ0n) is 6.89. The summed E-state index contributed by atoms with van der Waals surface area (Å²) in [7, 11) is 1.57. The molecule has 0 radical (unpaired) electrons. The predicted molar refractivity (Wildman–Crippen MR) is 41.7 cm³/mol. The summed E-state index contributed by atoms with van der Waals surface area (Å²) in [5.74, 6) is -0.382. The second-order valence-corrected chi connectivity index (χ2v) is 2.65. The Morgan fingerprint density at radius 2 is 2.00 bits per heavy atom. The van der Waals surface area contributed by atoms with Crippen LogP contribution in [0.15, 0.2) is 0 Å². The quantitative estimate of drug-likeness (QED) is 0.586. The Labute approximate surface area is 66.1 Å². The summed E-state index contributed by atoms with van der Waals surface area (Å²) in [6.45, 7) is 1.82. The lowest BCUT2D eigenvalue weighted by Crippen LogP contribution is -2.23. The van der Waals surface area contributed by atoms with Crippen LogP contribution in [0.3, 0.4) is 0 Å². The van der Waals surface area contributed by atoms with E-state index in [-0.39, 0.29) is 24.2 Å². The van der Waals surface area contributed by atoms with Crippen molar-refractivity contribution in [2.24, 2.45) is 11.7 Å². The third kappa shape index (κ3) is 5.39. The molecule has 11 heavy (non-hydrogen) atoms. The second-order valence-electron chi connectivity index (χ2n) is 2.65. The predicted octanol–water partition coefficient (Wildman–Crippen LogP) is -0.366. The van der Waals surface area contributed by atoms with Crippen molar-refractivity contribution in [1.82, 2.24) is 5.32 Å². The van der Waals surface area contributed by atoms with E-state index >= 15 is 0 Å². The summed E-state index contributed by atoms with van der Waals surface area (Å²) in [5, 5.41) is 2.48. The first kappa shape index (κ1) is 9.94. The number of hydrogen-bond donors (Lipinski definition) is 2. The molecule has 4 heteroatoms. The maximum absolute atomic E-state index is 10.7. The normalized spacial score (nSPS) is 12.2. The first-order valence-corrected chi connectivity index (χ1v) is 3.55. The van der Waals surface area contributed by atoms with Gasteiger partial charge in [0.1, 0.15) is 0 Å². The first-order valence-electron chi connectivity index (χ1n) is 3.55. The molecule has 2 amide bonds. The highest BCUT2D eigenvalue weighted by atomic mass is 16.2. The van der Waals surface area contributed by atoms with Crippen molar-refractivity contribution in [3.8, 4) is 0 Å². The average molecular weight is 158 g/mol. The van der Waals surface area contributed by atoms with Gasteiger partial charge in [-0.05, 0) is 5.92 Å². The lowest BCUT2D eigenvalue weighted by atomic mass is 10.0. The maximum atomic E-state index is 10.7. The number of rotatable bonds is 4. The fourth-order valence-corrected chi connectivity index (χ4v) is 0.834. The van der Waals surface area contributed by atoms with E-state index in [4.69, 9.17) is 5.73 Å². The molecule has 0 aliphatic heterocycles. The molecule has 0 rings (SSSR count). The molecule has 0 aromatic rings. The molecule has 1 atom stereocenters. The van der Waals surface area contributed by atoms with Gasteiger partial charge in [0.25, 0.3) is 0 Å². The molecule has 0 unspecified atom stereocenters. The van der Waals surface area contributed by atoms with Gasteiger partial charge < -0.3 is 11.1 Å². The molecule has 0 aromatic heterocycles. The Morgan fingerprint density at radius 3 is 2.36 bits per heavy atom. The number of nitrogens with two attached hydrogens (primary N) is 1. The van der Waals surface area contributed by atoms with E-state index in [0.717, 1.165) is 0 Å². The molecular weight excluding hydrogens is 144 g/mol. The highest BCUT2D eigenvalue weighted by molar-refractivity contribution is 5.78. The van der Waals surface area contributed by atoms with Crippen LogP contribution in [0.4, 0.5) is 0 Å². The van der Waals surface area contributed by atoms with Crippen LogP contribution in [-0.4, -0.2) is 18.9 Å². The number of amides is 2. The molecule has 0 aromatic carbocycles.